The molecule has 6 nitrogen and oxygen atoms in total. The van der Waals surface area contributed by atoms with Crippen LogP contribution in [0.15, 0.2) is 28.0 Å². The molecule has 0 spiro atoms. The van der Waals surface area contributed by atoms with Gasteiger partial charge in [-0.15, -0.1) is 0 Å². The average molecular weight is 347 g/mol. The van der Waals surface area contributed by atoms with Gasteiger partial charge >= 0.3 is 0 Å². The highest BCUT2D eigenvalue weighted by atomic mass is 32.2. The Hall–Kier alpha value is -1.12. The number of ether oxygens (including phenoxy) is 1. The average Bonchev–Trinajstić information content (AvgIpc) is 2.34. The lowest BCUT2D eigenvalue weighted by atomic mass is 10.2. The first-order valence-electron chi connectivity index (χ1n) is 6.93. The smallest absolute Gasteiger partial charge is 0.177 e. The van der Waals surface area contributed by atoms with E-state index in [2.05, 4.69) is 0 Å². The van der Waals surface area contributed by atoms with Gasteiger partial charge in [0.1, 0.15) is 0 Å². The van der Waals surface area contributed by atoms with E-state index in [1.165, 1.54) is 12.1 Å². The van der Waals surface area contributed by atoms with Gasteiger partial charge in [-0.25, -0.2) is 16.8 Å². The predicted octanol–water partition coefficient (Wildman–Crippen LogP) is 1.11. The molecule has 1 aliphatic heterocycles. The molecule has 0 radical (unpaired) electrons. The molecule has 1 fully saturated rings. The minimum atomic E-state index is -3.55. The molecule has 8 heteroatoms. The molecular weight excluding hydrogens is 326 g/mol. The molecule has 0 unspecified atom stereocenters. The molecule has 1 saturated heterocycles. The first kappa shape index (κ1) is 17.2. The molecule has 0 N–H and O–H groups in total. The summed E-state index contributed by atoms with van der Waals surface area (Å²) < 4.78 is 53.2. The summed E-state index contributed by atoms with van der Waals surface area (Å²) in [5, 5.41) is 0. The molecule has 1 aromatic rings. The lowest BCUT2D eigenvalue weighted by Crippen LogP contribution is -2.46. The van der Waals surface area contributed by atoms with Crippen LogP contribution in [-0.2, 0) is 24.4 Å². The minimum Gasteiger partial charge on any atom is -0.372 e. The third-order valence-corrected chi connectivity index (χ3v) is 5.76. The van der Waals surface area contributed by atoms with Crippen LogP contribution in [0.25, 0.3) is 0 Å². The van der Waals surface area contributed by atoms with E-state index in [0.29, 0.717) is 18.8 Å². The number of nitrogens with zero attached hydrogens (tertiary/aromatic N) is 1. The van der Waals surface area contributed by atoms with Gasteiger partial charge in [0.2, 0.25) is 0 Å². The van der Waals surface area contributed by atoms with E-state index in [9.17, 15) is 16.8 Å². The third-order valence-electron chi connectivity index (χ3n) is 3.52. The summed E-state index contributed by atoms with van der Waals surface area (Å²) in [6, 6.07) is 4.26. The number of morpholine rings is 1. The lowest BCUT2D eigenvalue weighted by molar-refractivity contribution is -0.00537. The van der Waals surface area contributed by atoms with Gasteiger partial charge in [-0.2, -0.15) is 0 Å². The van der Waals surface area contributed by atoms with Gasteiger partial charge < -0.3 is 9.64 Å². The van der Waals surface area contributed by atoms with Crippen molar-refractivity contribution < 1.29 is 21.6 Å². The van der Waals surface area contributed by atoms with Crippen molar-refractivity contribution >= 4 is 25.4 Å². The fraction of sp³-hybridized carbons (Fsp3) is 0.571. The zero-order valence-corrected chi connectivity index (χ0v) is 14.7. The van der Waals surface area contributed by atoms with E-state index in [-0.39, 0.29) is 22.0 Å². The van der Waals surface area contributed by atoms with Crippen molar-refractivity contribution in [2.75, 3.05) is 30.5 Å². The summed E-state index contributed by atoms with van der Waals surface area (Å²) in [4.78, 5) is 1.98. The summed E-state index contributed by atoms with van der Waals surface area (Å²) in [6.45, 7) is 4.97. The van der Waals surface area contributed by atoms with Crippen molar-refractivity contribution in [1.82, 2.24) is 0 Å². The van der Waals surface area contributed by atoms with Crippen LogP contribution < -0.4 is 4.90 Å². The second-order valence-electron chi connectivity index (χ2n) is 5.84. The Morgan fingerprint density at radius 1 is 1.00 bits per heavy atom. The Labute approximate surface area is 131 Å². The zero-order valence-electron chi connectivity index (χ0n) is 13.1. The molecule has 2 atom stereocenters. The summed E-state index contributed by atoms with van der Waals surface area (Å²) in [6.07, 6.45) is 2.11. The number of hydrogen-bond acceptors (Lipinski definition) is 6. The van der Waals surface area contributed by atoms with E-state index in [0.717, 1.165) is 12.5 Å². The van der Waals surface area contributed by atoms with Crippen LogP contribution in [0.1, 0.15) is 13.8 Å². The third kappa shape index (κ3) is 3.80. The van der Waals surface area contributed by atoms with Gasteiger partial charge in [0, 0.05) is 25.6 Å². The Balaban J connectivity index is 2.56. The maximum absolute atomic E-state index is 12.1. The molecule has 1 heterocycles. The van der Waals surface area contributed by atoms with E-state index in [1.54, 1.807) is 6.07 Å². The van der Waals surface area contributed by atoms with Crippen LogP contribution >= 0.6 is 0 Å². The normalized spacial score (nSPS) is 23.5. The lowest BCUT2D eigenvalue weighted by Gasteiger charge is -2.37. The van der Waals surface area contributed by atoms with Crippen molar-refractivity contribution in [3.05, 3.63) is 18.2 Å². The fourth-order valence-corrected chi connectivity index (χ4v) is 4.30. The minimum absolute atomic E-state index is 0.00558. The Morgan fingerprint density at radius 3 is 2.00 bits per heavy atom. The number of rotatable bonds is 3. The molecule has 0 bridgehead atoms. The Kier molecular flexibility index (Phi) is 4.56. The molecule has 0 aromatic heterocycles. The maximum Gasteiger partial charge on any atom is 0.177 e. The van der Waals surface area contributed by atoms with Gasteiger partial charge in [-0.3, -0.25) is 0 Å². The molecule has 0 amide bonds. The molecule has 124 valence electrons. The molecule has 0 aliphatic carbocycles. The van der Waals surface area contributed by atoms with Gasteiger partial charge in [-0.1, -0.05) is 0 Å². The summed E-state index contributed by atoms with van der Waals surface area (Å²) in [7, 11) is -7.01. The molecular formula is C14H21NO5S2. The monoisotopic (exact) mass is 347 g/mol. The molecule has 2 rings (SSSR count). The maximum atomic E-state index is 12.1. The molecule has 1 aliphatic rings. The van der Waals surface area contributed by atoms with Crippen molar-refractivity contribution in [3.63, 3.8) is 0 Å². The summed E-state index contributed by atoms with van der Waals surface area (Å²) in [5.74, 6) is 0. The van der Waals surface area contributed by atoms with Crippen LogP contribution in [0, 0.1) is 0 Å². The highest BCUT2D eigenvalue weighted by Gasteiger charge is 2.27. The SMILES string of the molecule is C[C@H]1CN(c2ccc(S(C)(=O)=O)cc2S(C)(=O)=O)C[C@H](C)O1. The van der Waals surface area contributed by atoms with Crippen molar-refractivity contribution in [1.29, 1.82) is 0 Å². The van der Waals surface area contributed by atoms with E-state index in [1.807, 2.05) is 18.7 Å². The van der Waals surface area contributed by atoms with Crippen molar-refractivity contribution in [2.24, 2.45) is 0 Å². The zero-order chi connectivity index (χ0) is 16.7. The highest BCUT2D eigenvalue weighted by molar-refractivity contribution is 7.91. The van der Waals surface area contributed by atoms with Gasteiger partial charge in [-0.05, 0) is 32.0 Å². The Morgan fingerprint density at radius 2 is 1.55 bits per heavy atom. The van der Waals surface area contributed by atoms with Gasteiger partial charge in [0.25, 0.3) is 0 Å². The quantitative estimate of drug-likeness (QED) is 0.815. The number of hydrogen-bond donors (Lipinski definition) is 0. The Bertz CT molecular complexity index is 760. The topological polar surface area (TPSA) is 80.8 Å². The van der Waals surface area contributed by atoms with Crippen LogP contribution in [0.2, 0.25) is 0 Å². The van der Waals surface area contributed by atoms with Crippen LogP contribution in [-0.4, -0.2) is 54.6 Å². The molecule has 0 saturated carbocycles. The number of benzene rings is 1. The van der Waals surface area contributed by atoms with Gasteiger partial charge in [0.15, 0.2) is 19.7 Å². The van der Waals surface area contributed by atoms with E-state index < -0.39 is 19.7 Å². The number of sulfone groups is 2. The first-order valence-corrected chi connectivity index (χ1v) is 10.7. The van der Waals surface area contributed by atoms with Crippen LogP contribution in [0.5, 0.6) is 0 Å². The van der Waals surface area contributed by atoms with E-state index in [4.69, 9.17) is 4.74 Å². The summed E-state index contributed by atoms with van der Waals surface area (Å²) >= 11 is 0. The summed E-state index contributed by atoms with van der Waals surface area (Å²) in [5.41, 5.74) is 0.525. The second kappa shape index (κ2) is 5.82. The van der Waals surface area contributed by atoms with Crippen molar-refractivity contribution in [2.45, 2.75) is 35.8 Å². The highest BCUT2D eigenvalue weighted by Crippen LogP contribution is 2.30. The fourth-order valence-electron chi connectivity index (χ4n) is 2.66. The molecule has 1 aromatic carbocycles. The first-order chi connectivity index (χ1) is 9.98. The largest absolute Gasteiger partial charge is 0.372 e. The van der Waals surface area contributed by atoms with E-state index >= 15 is 0 Å². The van der Waals surface area contributed by atoms with Crippen LogP contribution in [0.4, 0.5) is 5.69 Å². The number of anilines is 1. The predicted molar refractivity (Wildman–Crippen MR) is 84.9 cm³/mol. The van der Waals surface area contributed by atoms with Gasteiger partial charge in [0.05, 0.1) is 27.7 Å². The second-order valence-corrected chi connectivity index (χ2v) is 9.84. The van der Waals surface area contributed by atoms with Crippen LogP contribution in [0.3, 0.4) is 0 Å². The standard InChI is InChI=1S/C14H21NO5S2/c1-10-8-15(9-11(2)20-10)13-6-5-12(21(3,16)17)7-14(13)22(4,18)19/h5-7,10-11H,8-9H2,1-4H3/t10-,11-/m0/s1. The molecule has 22 heavy (non-hydrogen) atoms. The van der Waals surface area contributed by atoms with Crippen molar-refractivity contribution in [3.8, 4) is 0 Å².